The summed E-state index contributed by atoms with van der Waals surface area (Å²) in [7, 11) is 0. The fourth-order valence-electron chi connectivity index (χ4n) is 2.23. The minimum atomic E-state index is -0.330. The van der Waals surface area contributed by atoms with Crippen molar-refractivity contribution < 1.29 is 9.84 Å². The van der Waals surface area contributed by atoms with Crippen LogP contribution in [0.5, 0.6) is 0 Å². The number of benzene rings is 1. The van der Waals surface area contributed by atoms with Crippen molar-refractivity contribution >= 4 is 0 Å². The van der Waals surface area contributed by atoms with E-state index in [1.165, 1.54) is 5.56 Å². The van der Waals surface area contributed by atoms with Gasteiger partial charge in [-0.15, -0.1) is 0 Å². The third-order valence-electron chi connectivity index (χ3n) is 3.47. The van der Waals surface area contributed by atoms with Crippen molar-refractivity contribution in [2.75, 3.05) is 26.4 Å². The zero-order valence-corrected chi connectivity index (χ0v) is 11.5. The van der Waals surface area contributed by atoms with Crippen LogP contribution in [0.25, 0.3) is 0 Å². The summed E-state index contributed by atoms with van der Waals surface area (Å²) in [6.45, 7) is 6.05. The molecule has 0 fully saturated rings. The van der Waals surface area contributed by atoms with E-state index in [0.29, 0.717) is 6.54 Å². The van der Waals surface area contributed by atoms with Crippen LogP contribution in [0.1, 0.15) is 30.9 Å². The lowest BCUT2D eigenvalue weighted by Crippen LogP contribution is -2.39. The van der Waals surface area contributed by atoms with Gasteiger partial charge in [-0.3, -0.25) is 0 Å². The van der Waals surface area contributed by atoms with E-state index in [2.05, 4.69) is 25.1 Å². The average molecular weight is 251 g/mol. The third kappa shape index (κ3) is 3.80. The highest BCUT2D eigenvalue weighted by molar-refractivity contribution is 5.30. The van der Waals surface area contributed by atoms with E-state index >= 15 is 0 Å². The molecule has 1 aromatic rings. The second kappa shape index (κ2) is 7.52. The quantitative estimate of drug-likeness (QED) is 0.695. The molecule has 0 saturated heterocycles. The Morgan fingerprint density at radius 3 is 2.72 bits per heavy atom. The van der Waals surface area contributed by atoms with E-state index in [1.54, 1.807) is 0 Å². The molecule has 0 radical (unpaired) electrons. The van der Waals surface area contributed by atoms with Crippen LogP contribution in [-0.4, -0.2) is 31.5 Å². The van der Waals surface area contributed by atoms with Crippen LogP contribution in [0.15, 0.2) is 24.3 Å². The minimum Gasteiger partial charge on any atom is -0.395 e. The van der Waals surface area contributed by atoms with Crippen molar-refractivity contribution in [3.05, 3.63) is 35.4 Å². The Balaban J connectivity index is 2.79. The highest BCUT2D eigenvalue weighted by Gasteiger charge is 2.29. The molecule has 0 aliphatic rings. The lowest BCUT2D eigenvalue weighted by Gasteiger charge is -2.31. The Bertz CT molecular complexity index is 348. The molecular weight excluding hydrogens is 226 g/mol. The topological polar surface area (TPSA) is 55.5 Å². The number of hydrogen-bond donors (Lipinski definition) is 2. The Hall–Kier alpha value is -0.900. The molecule has 18 heavy (non-hydrogen) atoms. The Morgan fingerprint density at radius 1 is 1.39 bits per heavy atom. The van der Waals surface area contributed by atoms with E-state index in [9.17, 15) is 5.11 Å². The molecule has 0 saturated carbocycles. The lowest BCUT2D eigenvalue weighted by molar-refractivity contribution is 0.125. The molecule has 3 nitrogen and oxygen atoms in total. The molecule has 0 spiro atoms. The van der Waals surface area contributed by atoms with Crippen molar-refractivity contribution in [2.45, 2.75) is 32.1 Å². The van der Waals surface area contributed by atoms with Crippen molar-refractivity contribution in [1.82, 2.24) is 0 Å². The molecule has 102 valence electrons. The van der Waals surface area contributed by atoms with Crippen LogP contribution in [0.3, 0.4) is 0 Å². The fraction of sp³-hybridized carbons (Fsp3) is 0.600. The van der Waals surface area contributed by atoms with Crippen molar-refractivity contribution in [3.63, 3.8) is 0 Å². The van der Waals surface area contributed by atoms with Crippen LogP contribution in [0.4, 0.5) is 0 Å². The largest absolute Gasteiger partial charge is 0.395 e. The molecule has 1 unspecified atom stereocenters. The Labute approximate surface area is 110 Å². The van der Waals surface area contributed by atoms with Gasteiger partial charge in [0, 0.05) is 25.2 Å². The van der Waals surface area contributed by atoms with Crippen LogP contribution >= 0.6 is 0 Å². The normalized spacial score (nSPS) is 14.4. The van der Waals surface area contributed by atoms with E-state index in [4.69, 9.17) is 10.5 Å². The molecule has 0 aliphatic carbocycles. The second-order valence-corrected chi connectivity index (χ2v) is 4.81. The van der Waals surface area contributed by atoms with Gasteiger partial charge in [0.15, 0.2) is 0 Å². The highest BCUT2D eigenvalue weighted by atomic mass is 16.5. The predicted octanol–water partition coefficient (Wildman–Crippen LogP) is 2.00. The number of hydrogen-bond acceptors (Lipinski definition) is 3. The molecule has 3 heteroatoms. The molecule has 3 N–H and O–H groups in total. The van der Waals surface area contributed by atoms with Gasteiger partial charge in [-0.1, -0.05) is 29.8 Å². The predicted molar refractivity (Wildman–Crippen MR) is 74.7 cm³/mol. The van der Waals surface area contributed by atoms with Gasteiger partial charge in [0.2, 0.25) is 0 Å². The summed E-state index contributed by atoms with van der Waals surface area (Å²) in [6.07, 6.45) is 1.77. The van der Waals surface area contributed by atoms with E-state index in [-0.39, 0.29) is 12.0 Å². The minimum absolute atomic E-state index is 0.0824. The molecular formula is C15H25NO2. The fourth-order valence-corrected chi connectivity index (χ4v) is 2.23. The number of rotatable bonds is 8. The first-order chi connectivity index (χ1) is 8.68. The van der Waals surface area contributed by atoms with Crippen LogP contribution in [0, 0.1) is 6.92 Å². The van der Waals surface area contributed by atoms with Crippen LogP contribution in [-0.2, 0) is 10.2 Å². The highest BCUT2D eigenvalue weighted by Crippen LogP contribution is 2.28. The monoisotopic (exact) mass is 251 g/mol. The molecule has 0 amide bonds. The standard InChI is InChI=1S/C15H25NO2/c1-3-18-9-5-8-15(11-16,12-17)14-7-4-6-13(2)10-14/h4,6-7,10,17H,3,5,8-9,11-12,16H2,1-2H3. The third-order valence-corrected chi connectivity index (χ3v) is 3.47. The summed E-state index contributed by atoms with van der Waals surface area (Å²) in [4.78, 5) is 0. The van der Waals surface area contributed by atoms with E-state index < -0.39 is 0 Å². The van der Waals surface area contributed by atoms with Gasteiger partial charge in [0.25, 0.3) is 0 Å². The average Bonchev–Trinajstić information content (AvgIpc) is 2.40. The maximum absolute atomic E-state index is 9.76. The smallest absolute Gasteiger partial charge is 0.0540 e. The zero-order valence-electron chi connectivity index (χ0n) is 11.5. The Morgan fingerprint density at radius 2 is 2.17 bits per heavy atom. The molecule has 1 atom stereocenters. The number of aliphatic hydroxyl groups is 1. The lowest BCUT2D eigenvalue weighted by atomic mass is 9.77. The first-order valence-electron chi connectivity index (χ1n) is 6.64. The first kappa shape index (κ1) is 15.2. The summed E-state index contributed by atoms with van der Waals surface area (Å²) >= 11 is 0. The van der Waals surface area contributed by atoms with Crippen molar-refractivity contribution in [1.29, 1.82) is 0 Å². The summed E-state index contributed by atoms with van der Waals surface area (Å²) in [5.41, 5.74) is 7.91. The van der Waals surface area contributed by atoms with Crippen molar-refractivity contribution in [3.8, 4) is 0 Å². The van der Waals surface area contributed by atoms with Crippen LogP contribution < -0.4 is 5.73 Å². The van der Waals surface area contributed by atoms with E-state index in [1.807, 2.05) is 13.0 Å². The molecule has 1 rings (SSSR count). The molecule has 0 heterocycles. The zero-order chi connectivity index (χ0) is 13.4. The van der Waals surface area contributed by atoms with Gasteiger partial charge < -0.3 is 15.6 Å². The van der Waals surface area contributed by atoms with E-state index in [0.717, 1.165) is 31.6 Å². The van der Waals surface area contributed by atoms with Gasteiger partial charge >= 0.3 is 0 Å². The van der Waals surface area contributed by atoms with Gasteiger partial charge in [0.05, 0.1) is 6.61 Å². The molecule has 0 bridgehead atoms. The second-order valence-electron chi connectivity index (χ2n) is 4.81. The summed E-state index contributed by atoms with van der Waals surface area (Å²) < 4.78 is 5.36. The maximum Gasteiger partial charge on any atom is 0.0540 e. The van der Waals surface area contributed by atoms with Crippen molar-refractivity contribution in [2.24, 2.45) is 5.73 Å². The summed E-state index contributed by atoms with van der Waals surface area (Å²) in [5.74, 6) is 0. The molecule has 1 aromatic carbocycles. The number of nitrogens with two attached hydrogens (primary N) is 1. The van der Waals surface area contributed by atoms with Gasteiger partial charge in [0.1, 0.15) is 0 Å². The van der Waals surface area contributed by atoms with Gasteiger partial charge in [-0.25, -0.2) is 0 Å². The first-order valence-corrected chi connectivity index (χ1v) is 6.64. The summed E-state index contributed by atoms with van der Waals surface area (Å²) in [5, 5.41) is 9.76. The summed E-state index contributed by atoms with van der Waals surface area (Å²) in [6, 6.07) is 8.25. The Kier molecular flexibility index (Phi) is 6.33. The number of ether oxygens (including phenoxy) is 1. The van der Waals surface area contributed by atoms with Crippen LogP contribution in [0.2, 0.25) is 0 Å². The van der Waals surface area contributed by atoms with Gasteiger partial charge in [-0.05, 0) is 32.3 Å². The molecule has 0 aliphatic heterocycles. The maximum atomic E-state index is 9.76. The molecule has 0 aromatic heterocycles. The van der Waals surface area contributed by atoms with Gasteiger partial charge in [-0.2, -0.15) is 0 Å². The number of aryl methyl sites for hydroxylation is 1. The number of aliphatic hydroxyl groups excluding tert-OH is 1. The SMILES string of the molecule is CCOCCCC(CN)(CO)c1cccc(C)c1.